The Labute approximate surface area is 186 Å². The summed E-state index contributed by atoms with van der Waals surface area (Å²) >= 11 is 0. The zero-order valence-electron chi connectivity index (χ0n) is 17.5. The summed E-state index contributed by atoms with van der Waals surface area (Å²) in [7, 11) is 2.05. The molecule has 7 heteroatoms. The number of rotatable bonds is 4. The summed E-state index contributed by atoms with van der Waals surface area (Å²) in [4.78, 5) is 17.6. The van der Waals surface area contributed by atoms with E-state index in [4.69, 9.17) is 9.72 Å². The van der Waals surface area contributed by atoms with E-state index in [2.05, 4.69) is 29.9 Å². The lowest BCUT2D eigenvalue weighted by Crippen LogP contribution is -2.33. The predicted octanol–water partition coefficient (Wildman–Crippen LogP) is 3.76. The second-order valence-electron chi connectivity index (χ2n) is 7.86. The van der Waals surface area contributed by atoms with Crippen LogP contribution in [0.3, 0.4) is 0 Å². The average Bonchev–Trinajstić information content (AvgIpc) is 3.04. The van der Waals surface area contributed by atoms with Crippen molar-refractivity contribution in [2.75, 3.05) is 0 Å². The first-order valence-corrected chi connectivity index (χ1v) is 10.2. The highest BCUT2D eigenvalue weighted by molar-refractivity contribution is 5.85. The van der Waals surface area contributed by atoms with Gasteiger partial charge in [0.1, 0.15) is 23.8 Å². The fraction of sp³-hybridized carbons (Fsp3) is 0.250. The number of ether oxygens (including phenoxy) is 1. The number of hydrogen-bond donors (Lipinski definition) is 1. The molecule has 0 fully saturated rings. The van der Waals surface area contributed by atoms with Gasteiger partial charge in [0.2, 0.25) is 0 Å². The number of fused-ring (bicyclic) bond motifs is 3. The van der Waals surface area contributed by atoms with Crippen LogP contribution >= 0.6 is 12.4 Å². The highest BCUT2D eigenvalue weighted by atomic mass is 35.5. The molecule has 0 saturated heterocycles. The molecule has 5 rings (SSSR count). The van der Waals surface area contributed by atoms with Gasteiger partial charge in [-0.2, -0.15) is 0 Å². The van der Waals surface area contributed by atoms with Gasteiger partial charge in [0.15, 0.2) is 0 Å². The van der Waals surface area contributed by atoms with E-state index < -0.39 is 0 Å². The molecule has 3 aromatic heterocycles. The minimum atomic E-state index is -0.165. The van der Waals surface area contributed by atoms with Crippen LogP contribution in [0.15, 0.2) is 65.6 Å². The van der Waals surface area contributed by atoms with Gasteiger partial charge in [-0.25, -0.2) is 4.98 Å². The summed E-state index contributed by atoms with van der Waals surface area (Å²) in [6.07, 6.45) is 2.70. The highest BCUT2D eigenvalue weighted by Gasteiger charge is 2.22. The molecule has 1 atom stereocenters. The lowest BCUT2D eigenvalue weighted by molar-refractivity contribution is 0.305. The van der Waals surface area contributed by atoms with E-state index in [9.17, 15) is 4.79 Å². The first kappa shape index (κ1) is 21.2. The van der Waals surface area contributed by atoms with Crippen molar-refractivity contribution in [3.05, 3.63) is 88.0 Å². The van der Waals surface area contributed by atoms with E-state index in [1.165, 1.54) is 17.3 Å². The Morgan fingerprint density at radius 1 is 1.16 bits per heavy atom. The molecule has 1 unspecified atom stereocenters. The van der Waals surface area contributed by atoms with Crippen molar-refractivity contribution in [3.63, 3.8) is 0 Å². The normalized spacial score (nSPS) is 15.4. The number of aryl methyl sites for hydroxylation is 1. The van der Waals surface area contributed by atoms with Crippen LogP contribution in [0.1, 0.15) is 23.7 Å². The Hall–Kier alpha value is -3.09. The molecule has 4 aromatic rings. The minimum absolute atomic E-state index is 0. The van der Waals surface area contributed by atoms with Gasteiger partial charge in [-0.05, 0) is 36.2 Å². The number of nitrogens with one attached hydrogen (secondary N) is 1. The molecule has 160 valence electrons. The molecule has 1 aliphatic heterocycles. The van der Waals surface area contributed by atoms with E-state index >= 15 is 0 Å². The Balaban J connectivity index is 0.00000231. The monoisotopic (exact) mass is 436 g/mol. The molecular weight excluding hydrogens is 412 g/mol. The molecule has 0 saturated carbocycles. The third-order valence-electron chi connectivity index (χ3n) is 5.77. The van der Waals surface area contributed by atoms with Crippen LogP contribution in [-0.2, 0) is 26.6 Å². The maximum absolute atomic E-state index is 12.7. The predicted molar refractivity (Wildman–Crippen MR) is 124 cm³/mol. The molecule has 0 spiro atoms. The molecular formula is C24H25ClN4O2. The summed E-state index contributed by atoms with van der Waals surface area (Å²) < 4.78 is 9.49. The Morgan fingerprint density at radius 2 is 1.97 bits per heavy atom. The summed E-state index contributed by atoms with van der Waals surface area (Å²) in [6, 6.07) is 17.6. The molecule has 0 bridgehead atoms. The number of pyridine rings is 2. The third-order valence-corrected chi connectivity index (χ3v) is 5.77. The van der Waals surface area contributed by atoms with Gasteiger partial charge in [0, 0.05) is 49.4 Å². The molecule has 6 nitrogen and oxygen atoms in total. The van der Waals surface area contributed by atoms with Gasteiger partial charge in [-0.1, -0.05) is 30.3 Å². The van der Waals surface area contributed by atoms with Crippen molar-refractivity contribution in [2.45, 2.75) is 32.5 Å². The summed E-state index contributed by atoms with van der Waals surface area (Å²) in [5, 5.41) is 4.66. The molecule has 0 radical (unpaired) electrons. The lowest BCUT2D eigenvalue weighted by Gasteiger charge is -2.21. The number of aromatic nitrogens is 3. The van der Waals surface area contributed by atoms with Crippen molar-refractivity contribution in [1.29, 1.82) is 0 Å². The molecule has 1 aromatic carbocycles. The van der Waals surface area contributed by atoms with E-state index in [-0.39, 0.29) is 18.0 Å². The average molecular weight is 437 g/mol. The van der Waals surface area contributed by atoms with Gasteiger partial charge in [0.25, 0.3) is 5.56 Å². The van der Waals surface area contributed by atoms with Gasteiger partial charge in [0.05, 0.1) is 0 Å². The largest absolute Gasteiger partial charge is 0.489 e. The molecule has 31 heavy (non-hydrogen) atoms. The number of benzene rings is 1. The van der Waals surface area contributed by atoms with Crippen molar-refractivity contribution in [2.24, 2.45) is 7.05 Å². The van der Waals surface area contributed by atoms with Gasteiger partial charge >= 0.3 is 0 Å². The number of nitrogens with zero attached hydrogens (tertiary/aromatic N) is 3. The lowest BCUT2D eigenvalue weighted by atomic mass is 10.0. The highest BCUT2D eigenvalue weighted by Crippen LogP contribution is 2.28. The first-order chi connectivity index (χ1) is 14.6. The quantitative estimate of drug-likeness (QED) is 0.529. The zero-order valence-corrected chi connectivity index (χ0v) is 18.4. The van der Waals surface area contributed by atoms with E-state index in [1.54, 1.807) is 16.8 Å². The standard InChI is InChI=1S/C24H24N4O2.ClH/c1-16-12-21-20(14-25-16)19-8-9-22(26-24(19)27(21)2)28-11-10-18(13-23(28)29)30-15-17-6-4-3-5-7-17;/h3-11,13,16,25H,12,14-15H2,1-2H3;1H. The van der Waals surface area contributed by atoms with Gasteiger partial charge in [-0.3, -0.25) is 9.36 Å². The Morgan fingerprint density at radius 3 is 2.74 bits per heavy atom. The fourth-order valence-electron chi connectivity index (χ4n) is 4.13. The van der Waals surface area contributed by atoms with Crippen LogP contribution in [0.25, 0.3) is 16.9 Å². The van der Waals surface area contributed by atoms with Crippen LogP contribution < -0.4 is 15.6 Å². The smallest absolute Gasteiger partial charge is 0.259 e. The van der Waals surface area contributed by atoms with E-state index in [0.717, 1.165) is 29.6 Å². The Kier molecular flexibility index (Phi) is 5.85. The summed E-state index contributed by atoms with van der Waals surface area (Å²) in [6.45, 7) is 3.47. The van der Waals surface area contributed by atoms with Crippen LogP contribution in [0.4, 0.5) is 0 Å². The summed E-state index contributed by atoms with van der Waals surface area (Å²) in [5.74, 6) is 1.16. The van der Waals surface area contributed by atoms with Gasteiger partial charge in [-0.15, -0.1) is 12.4 Å². The van der Waals surface area contributed by atoms with Crippen LogP contribution in [-0.4, -0.2) is 20.2 Å². The molecule has 0 aliphatic carbocycles. The zero-order chi connectivity index (χ0) is 20.7. The van der Waals surface area contributed by atoms with Crippen molar-refractivity contribution >= 4 is 23.4 Å². The van der Waals surface area contributed by atoms with E-state index in [1.807, 2.05) is 36.4 Å². The van der Waals surface area contributed by atoms with Crippen molar-refractivity contribution in [1.82, 2.24) is 19.4 Å². The number of hydrogen-bond acceptors (Lipinski definition) is 4. The van der Waals surface area contributed by atoms with Crippen molar-refractivity contribution in [3.8, 4) is 11.6 Å². The van der Waals surface area contributed by atoms with Crippen LogP contribution in [0.5, 0.6) is 5.75 Å². The summed E-state index contributed by atoms with van der Waals surface area (Å²) in [5.41, 5.74) is 4.43. The maximum Gasteiger partial charge on any atom is 0.259 e. The van der Waals surface area contributed by atoms with Crippen LogP contribution in [0.2, 0.25) is 0 Å². The SMILES string of the molecule is CC1Cc2c(c3ccc(-n4ccc(OCc5ccccc5)cc4=O)nc3n2C)CN1.Cl. The Bertz CT molecular complexity index is 1280. The third kappa shape index (κ3) is 3.96. The molecule has 0 amide bonds. The molecule has 1 N–H and O–H groups in total. The molecule has 1 aliphatic rings. The van der Waals surface area contributed by atoms with Crippen LogP contribution in [0, 0.1) is 0 Å². The number of halogens is 1. The van der Waals surface area contributed by atoms with Gasteiger partial charge < -0.3 is 14.6 Å². The molecule has 4 heterocycles. The fourth-order valence-corrected chi connectivity index (χ4v) is 4.13. The van der Waals surface area contributed by atoms with E-state index in [0.29, 0.717) is 24.2 Å². The maximum atomic E-state index is 12.7. The minimum Gasteiger partial charge on any atom is -0.489 e. The van der Waals surface area contributed by atoms with Crippen molar-refractivity contribution < 1.29 is 4.74 Å². The second kappa shape index (κ2) is 8.57. The topological polar surface area (TPSA) is 61.1 Å². The first-order valence-electron chi connectivity index (χ1n) is 10.2. The second-order valence-corrected chi connectivity index (χ2v) is 7.86.